The average Bonchev–Trinajstić information content (AvgIpc) is 1.84. The highest BCUT2D eigenvalue weighted by atomic mass is 19.1. The van der Waals surface area contributed by atoms with E-state index >= 15 is 0 Å². The van der Waals surface area contributed by atoms with Gasteiger partial charge >= 0.3 is 0 Å². The number of hydrogen-bond donors (Lipinski definition) is 1. The van der Waals surface area contributed by atoms with Gasteiger partial charge in [0.25, 0.3) is 0 Å². The largest absolute Gasteiger partial charge is 0.313 e. The van der Waals surface area contributed by atoms with Gasteiger partial charge in [0.2, 0.25) is 0 Å². The lowest BCUT2D eigenvalue weighted by atomic mass is 10.1. The summed E-state index contributed by atoms with van der Waals surface area (Å²) in [6.45, 7) is 3.01. The van der Waals surface area contributed by atoms with Crippen LogP contribution in [-0.4, -0.2) is 18.8 Å². The number of alkyl halides is 1. The summed E-state index contributed by atoms with van der Waals surface area (Å²) < 4.78 is 12.5. The molecule has 0 aliphatic carbocycles. The maximum atomic E-state index is 12.5. The second-order valence-electron chi connectivity index (χ2n) is 2.34. The van der Waals surface area contributed by atoms with Crippen LogP contribution in [-0.2, 0) is 0 Å². The maximum Gasteiger partial charge on any atom is 0.121 e. The molecule has 0 aromatic rings. The molecule has 1 saturated heterocycles. The van der Waals surface area contributed by atoms with Crippen LogP contribution in [0.1, 0.15) is 14.8 Å². The quantitative estimate of drug-likeness (QED) is 0.483. The summed E-state index contributed by atoms with van der Waals surface area (Å²) in [5.41, 5.74) is -0.917. The molecule has 1 N–H and O–H groups in total. The molecule has 1 aliphatic heterocycles. The zero-order valence-corrected chi connectivity index (χ0v) is 4.50. The van der Waals surface area contributed by atoms with Gasteiger partial charge in [-0.3, -0.25) is 0 Å². The Bertz CT molecular complexity index is 66.8. The molecule has 1 nitrogen and oxygen atoms in total. The van der Waals surface area contributed by atoms with Crippen LogP contribution >= 0.6 is 0 Å². The van der Waals surface area contributed by atoms with E-state index in [1.165, 1.54) is 0 Å². The zero-order valence-electron chi connectivity index (χ0n) is 4.50. The van der Waals surface area contributed by atoms with E-state index in [2.05, 4.69) is 5.32 Å². The van der Waals surface area contributed by atoms with Crippen molar-refractivity contribution in [1.29, 1.82) is 0 Å². The number of rotatable bonds is 0. The van der Waals surface area contributed by atoms with Crippen LogP contribution in [0.3, 0.4) is 0 Å². The van der Waals surface area contributed by atoms with Crippen LogP contribution in [0.4, 0.5) is 4.39 Å². The van der Waals surface area contributed by atoms with E-state index in [-0.39, 0.29) is 1.43 Å². The molecule has 1 rings (SSSR count). The first kappa shape index (κ1) is 5.04. The first-order valence-electron chi connectivity index (χ1n) is 2.60. The Balaban J connectivity index is 0.000000490. The highest BCUT2D eigenvalue weighted by Crippen LogP contribution is 2.16. The summed E-state index contributed by atoms with van der Waals surface area (Å²) in [7, 11) is 0. The van der Waals surface area contributed by atoms with Crippen LogP contribution in [0.2, 0.25) is 0 Å². The molecule has 0 aromatic carbocycles. The Morgan fingerprint density at radius 1 is 1.86 bits per heavy atom. The van der Waals surface area contributed by atoms with Gasteiger partial charge in [-0.15, -0.1) is 0 Å². The Labute approximate surface area is 44.4 Å². The first-order chi connectivity index (χ1) is 3.21. The molecule has 0 aromatic heterocycles. The molecule has 2 heteroatoms. The van der Waals surface area contributed by atoms with Gasteiger partial charge in [-0.25, -0.2) is 4.39 Å². The predicted octanol–water partition coefficient (Wildman–Crippen LogP) is 0.954. The molecule has 1 atom stereocenters. The van der Waals surface area contributed by atoms with Crippen molar-refractivity contribution in [2.45, 2.75) is 19.0 Å². The van der Waals surface area contributed by atoms with E-state index in [0.29, 0.717) is 13.0 Å². The van der Waals surface area contributed by atoms with Crippen molar-refractivity contribution in [2.75, 3.05) is 13.1 Å². The van der Waals surface area contributed by atoms with Gasteiger partial charge in [0.1, 0.15) is 5.67 Å². The van der Waals surface area contributed by atoms with E-state index in [1.807, 2.05) is 0 Å². The monoisotopic (exact) mass is 105 g/mol. The fraction of sp³-hybridized carbons (Fsp3) is 1.00. The minimum atomic E-state index is -0.917. The third kappa shape index (κ3) is 1.13. The third-order valence-electron chi connectivity index (χ3n) is 1.32. The normalized spacial score (nSPS) is 42.0. The molecule has 44 valence electrons. The fourth-order valence-electron chi connectivity index (χ4n) is 0.786. The van der Waals surface area contributed by atoms with Crippen LogP contribution in [0.15, 0.2) is 0 Å². The molecule has 0 spiro atoms. The number of hydrogen-bond acceptors (Lipinski definition) is 1. The van der Waals surface area contributed by atoms with Gasteiger partial charge in [0.15, 0.2) is 0 Å². The molecule has 0 saturated carbocycles. The molecule has 0 bridgehead atoms. The lowest BCUT2D eigenvalue weighted by molar-refractivity contribution is 0.218. The maximum absolute atomic E-state index is 12.5. The van der Waals surface area contributed by atoms with E-state index in [0.717, 1.165) is 6.54 Å². The summed E-state index contributed by atoms with van der Waals surface area (Å²) in [5, 5.41) is 2.94. The lowest BCUT2D eigenvalue weighted by Gasteiger charge is -2.07. The average molecular weight is 105 g/mol. The van der Waals surface area contributed by atoms with E-state index in [4.69, 9.17) is 0 Å². The standard InChI is InChI=1S/C5H10FN.H2/c1-5(6)2-3-7-4-5;/h7H,2-4H2,1H3;1H/t5-;/m0./s1. The Hall–Kier alpha value is -0.110. The summed E-state index contributed by atoms with van der Waals surface area (Å²) in [6, 6.07) is 0. The summed E-state index contributed by atoms with van der Waals surface area (Å²) in [6.07, 6.45) is 0.674. The Morgan fingerprint density at radius 2 is 2.57 bits per heavy atom. The van der Waals surface area contributed by atoms with Crippen LogP contribution in [0, 0.1) is 0 Å². The zero-order chi connectivity index (χ0) is 5.33. The summed E-state index contributed by atoms with van der Waals surface area (Å²) in [4.78, 5) is 0. The highest BCUT2D eigenvalue weighted by Gasteiger charge is 2.26. The van der Waals surface area contributed by atoms with Crippen molar-refractivity contribution in [2.24, 2.45) is 0 Å². The van der Waals surface area contributed by atoms with Crippen molar-refractivity contribution in [1.82, 2.24) is 5.32 Å². The predicted molar refractivity (Wildman–Crippen MR) is 29.1 cm³/mol. The van der Waals surface area contributed by atoms with E-state index < -0.39 is 5.67 Å². The van der Waals surface area contributed by atoms with Crippen molar-refractivity contribution >= 4 is 0 Å². The topological polar surface area (TPSA) is 12.0 Å². The molecular weight excluding hydrogens is 93.1 g/mol. The van der Waals surface area contributed by atoms with Crippen molar-refractivity contribution in [3.63, 3.8) is 0 Å². The molecule has 0 unspecified atom stereocenters. The van der Waals surface area contributed by atoms with Gasteiger partial charge in [-0.1, -0.05) is 0 Å². The molecule has 0 radical (unpaired) electrons. The second-order valence-corrected chi connectivity index (χ2v) is 2.34. The second kappa shape index (κ2) is 1.44. The number of nitrogens with one attached hydrogen (secondary N) is 1. The summed E-state index contributed by atoms with van der Waals surface area (Å²) in [5.74, 6) is 0. The number of halogens is 1. The Kier molecular flexibility index (Phi) is 1.04. The smallest absolute Gasteiger partial charge is 0.121 e. The van der Waals surface area contributed by atoms with Gasteiger partial charge in [0.05, 0.1) is 0 Å². The molecule has 7 heavy (non-hydrogen) atoms. The first-order valence-corrected chi connectivity index (χ1v) is 2.60. The molecule has 0 amide bonds. The van der Waals surface area contributed by atoms with E-state index in [9.17, 15) is 4.39 Å². The van der Waals surface area contributed by atoms with Crippen LogP contribution in [0.5, 0.6) is 0 Å². The SMILES string of the molecule is C[C@]1(F)CCNC1.[HH]. The van der Waals surface area contributed by atoms with Gasteiger partial charge in [-0.05, 0) is 19.9 Å². The van der Waals surface area contributed by atoms with Gasteiger partial charge in [0, 0.05) is 7.97 Å². The third-order valence-corrected chi connectivity index (χ3v) is 1.32. The highest BCUT2D eigenvalue weighted by molar-refractivity contribution is 4.82. The van der Waals surface area contributed by atoms with Crippen LogP contribution in [0.25, 0.3) is 0 Å². The Morgan fingerprint density at radius 3 is 2.71 bits per heavy atom. The summed E-state index contributed by atoms with van der Waals surface area (Å²) >= 11 is 0. The molecule has 1 aliphatic rings. The minimum Gasteiger partial charge on any atom is -0.313 e. The lowest BCUT2D eigenvalue weighted by Crippen LogP contribution is -2.20. The van der Waals surface area contributed by atoms with E-state index in [1.54, 1.807) is 6.92 Å². The molecular formula is C5H12FN. The van der Waals surface area contributed by atoms with Crippen molar-refractivity contribution in [3.8, 4) is 0 Å². The van der Waals surface area contributed by atoms with Gasteiger partial charge < -0.3 is 5.32 Å². The van der Waals surface area contributed by atoms with Crippen molar-refractivity contribution in [3.05, 3.63) is 0 Å². The molecule has 1 heterocycles. The molecule has 1 fully saturated rings. The minimum absolute atomic E-state index is 0. The van der Waals surface area contributed by atoms with Crippen molar-refractivity contribution < 1.29 is 5.82 Å². The fourth-order valence-corrected chi connectivity index (χ4v) is 0.786. The van der Waals surface area contributed by atoms with Crippen LogP contribution < -0.4 is 5.32 Å². The van der Waals surface area contributed by atoms with Gasteiger partial charge in [-0.2, -0.15) is 0 Å².